The summed E-state index contributed by atoms with van der Waals surface area (Å²) < 4.78 is 27.9. The van der Waals surface area contributed by atoms with Crippen molar-refractivity contribution in [3.05, 3.63) is 23.8 Å². The number of nitrogens with zero attached hydrogens (tertiary/aromatic N) is 1. The summed E-state index contributed by atoms with van der Waals surface area (Å²) in [6.07, 6.45) is -1.46. The van der Waals surface area contributed by atoms with E-state index in [9.17, 15) is 13.2 Å². The summed E-state index contributed by atoms with van der Waals surface area (Å²) >= 11 is 5.34. The Labute approximate surface area is 149 Å². The first-order valence-corrected chi connectivity index (χ1v) is 10.2. The van der Waals surface area contributed by atoms with Gasteiger partial charge in [0.25, 0.3) is 0 Å². The van der Waals surface area contributed by atoms with E-state index in [1.54, 1.807) is 0 Å². The third-order valence-corrected chi connectivity index (χ3v) is 5.85. The maximum absolute atomic E-state index is 11.9. The lowest BCUT2D eigenvalue weighted by atomic mass is 10.1. The second-order valence-corrected chi connectivity index (χ2v) is 8.23. The first-order valence-electron chi connectivity index (χ1n) is 7.82. The van der Waals surface area contributed by atoms with E-state index in [1.165, 1.54) is 6.92 Å². The predicted octanol–water partition coefficient (Wildman–Crippen LogP) is 3.39. The van der Waals surface area contributed by atoms with Crippen LogP contribution in [0.1, 0.15) is 26.3 Å². The van der Waals surface area contributed by atoms with Gasteiger partial charge in [0.15, 0.2) is 9.84 Å². The Morgan fingerprint density at radius 1 is 1.33 bits per heavy atom. The molecule has 0 aliphatic rings. The fourth-order valence-electron chi connectivity index (χ4n) is 2.33. The van der Waals surface area contributed by atoms with Crippen LogP contribution in [-0.4, -0.2) is 44.7 Å². The summed E-state index contributed by atoms with van der Waals surface area (Å²) in [5.41, 5.74) is 2.61. The Hall–Kier alpha value is -1.47. The van der Waals surface area contributed by atoms with Crippen molar-refractivity contribution in [2.75, 3.05) is 34.3 Å². The summed E-state index contributed by atoms with van der Waals surface area (Å²) in [6.45, 7) is 9.37. The van der Waals surface area contributed by atoms with Crippen LogP contribution in [0.3, 0.4) is 0 Å². The van der Waals surface area contributed by atoms with E-state index in [0.717, 1.165) is 24.3 Å². The summed E-state index contributed by atoms with van der Waals surface area (Å²) in [4.78, 5) is 14.1. The molecule has 1 aromatic carbocycles. The van der Waals surface area contributed by atoms with Crippen molar-refractivity contribution < 1.29 is 17.9 Å². The number of amides is 1. The Morgan fingerprint density at radius 2 is 1.96 bits per heavy atom. The molecular weight excluding hydrogens is 352 g/mol. The molecule has 1 rings (SSSR count). The zero-order valence-electron chi connectivity index (χ0n) is 14.5. The van der Waals surface area contributed by atoms with Gasteiger partial charge in [-0.25, -0.2) is 13.2 Å². The number of halogens is 1. The van der Waals surface area contributed by atoms with Gasteiger partial charge >= 0.3 is 6.09 Å². The quantitative estimate of drug-likeness (QED) is 0.704. The highest BCUT2D eigenvalue weighted by Crippen LogP contribution is 2.23. The van der Waals surface area contributed by atoms with Crippen molar-refractivity contribution in [3.63, 3.8) is 0 Å². The number of nitrogens with one attached hydrogen (secondary N) is 1. The number of rotatable bonds is 8. The third kappa shape index (κ3) is 6.20. The van der Waals surface area contributed by atoms with Crippen LogP contribution in [0.4, 0.5) is 16.2 Å². The van der Waals surface area contributed by atoms with Gasteiger partial charge in [-0.2, -0.15) is 0 Å². The molecular formula is C16H25ClN2O4S. The molecule has 0 spiro atoms. The average Bonchev–Trinajstić information content (AvgIpc) is 2.50. The van der Waals surface area contributed by atoms with E-state index in [1.807, 2.05) is 25.1 Å². The number of anilines is 2. The van der Waals surface area contributed by atoms with Gasteiger partial charge in [0.2, 0.25) is 0 Å². The Balaban J connectivity index is 2.71. The van der Waals surface area contributed by atoms with Gasteiger partial charge in [-0.3, -0.25) is 5.32 Å². The van der Waals surface area contributed by atoms with Gasteiger partial charge in [-0.05, 0) is 51.5 Å². The SMILES string of the molecule is CCN(CC)c1ccc(NC(=O)OC(C)CS(=O)(=O)CCl)c(C)c1. The van der Waals surface area contributed by atoms with Crippen LogP contribution >= 0.6 is 11.6 Å². The van der Waals surface area contributed by atoms with Gasteiger partial charge in [-0.1, -0.05) is 0 Å². The van der Waals surface area contributed by atoms with Gasteiger partial charge in [0.05, 0.1) is 5.75 Å². The standard InChI is InChI=1S/C16H25ClN2O4S/c1-5-19(6-2)14-7-8-15(12(3)9-14)18-16(20)23-13(4)10-24(21,22)11-17/h7-9,13H,5-6,10-11H2,1-4H3,(H,18,20). The maximum Gasteiger partial charge on any atom is 0.411 e. The smallest absolute Gasteiger partial charge is 0.411 e. The number of carbonyl (C=O) groups excluding carboxylic acids is 1. The summed E-state index contributed by atoms with van der Waals surface area (Å²) in [5, 5.41) is 2.15. The molecule has 24 heavy (non-hydrogen) atoms. The zero-order chi connectivity index (χ0) is 18.3. The minimum absolute atomic E-state index is 0.302. The molecule has 1 amide bonds. The maximum atomic E-state index is 11.9. The number of carbonyl (C=O) groups is 1. The van der Waals surface area contributed by atoms with Crippen molar-refractivity contribution >= 4 is 38.9 Å². The molecule has 0 radical (unpaired) electrons. The first kappa shape index (κ1) is 20.6. The van der Waals surface area contributed by atoms with Crippen LogP contribution in [0.15, 0.2) is 18.2 Å². The number of hydrogen-bond acceptors (Lipinski definition) is 5. The molecule has 6 nitrogen and oxygen atoms in total. The molecule has 0 fully saturated rings. The number of ether oxygens (including phenoxy) is 1. The van der Waals surface area contributed by atoms with Crippen molar-refractivity contribution in [2.24, 2.45) is 0 Å². The van der Waals surface area contributed by atoms with Crippen molar-refractivity contribution in [1.29, 1.82) is 0 Å². The number of hydrogen-bond donors (Lipinski definition) is 1. The minimum Gasteiger partial charge on any atom is -0.445 e. The van der Waals surface area contributed by atoms with Crippen LogP contribution in [0.25, 0.3) is 0 Å². The molecule has 1 unspecified atom stereocenters. The highest BCUT2D eigenvalue weighted by molar-refractivity contribution is 7.92. The topological polar surface area (TPSA) is 75.7 Å². The number of sulfone groups is 1. The molecule has 0 saturated heterocycles. The molecule has 0 aromatic heterocycles. The number of aryl methyl sites for hydroxylation is 1. The van der Waals surface area contributed by atoms with Crippen LogP contribution in [0.2, 0.25) is 0 Å². The van der Waals surface area contributed by atoms with E-state index < -0.39 is 27.2 Å². The summed E-state index contributed by atoms with van der Waals surface area (Å²) in [6, 6.07) is 5.73. The first-order chi connectivity index (χ1) is 11.2. The third-order valence-electron chi connectivity index (χ3n) is 3.54. The molecule has 0 heterocycles. The van der Waals surface area contributed by atoms with Crippen molar-refractivity contribution in [3.8, 4) is 0 Å². The number of alkyl halides is 1. The zero-order valence-corrected chi connectivity index (χ0v) is 16.1. The highest BCUT2D eigenvalue weighted by Gasteiger charge is 2.18. The molecule has 0 aliphatic carbocycles. The monoisotopic (exact) mass is 376 g/mol. The molecule has 0 saturated carbocycles. The minimum atomic E-state index is -3.41. The van der Waals surface area contributed by atoms with E-state index in [4.69, 9.17) is 16.3 Å². The Bertz CT molecular complexity index is 660. The molecule has 1 N–H and O–H groups in total. The molecule has 1 aromatic rings. The van der Waals surface area contributed by atoms with Crippen LogP contribution in [0, 0.1) is 6.92 Å². The molecule has 0 aliphatic heterocycles. The Kier molecular flexibility index (Phi) is 7.83. The largest absolute Gasteiger partial charge is 0.445 e. The molecule has 0 bridgehead atoms. The highest BCUT2D eigenvalue weighted by atomic mass is 35.5. The summed E-state index contributed by atoms with van der Waals surface area (Å²) in [7, 11) is -3.41. The molecule has 8 heteroatoms. The second kappa shape index (κ2) is 9.13. The van der Waals surface area contributed by atoms with Crippen molar-refractivity contribution in [1.82, 2.24) is 0 Å². The lowest BCUT2D eigenvalue weighted by Crippen LogP contribution is -2.27. The average molecular weight is 377 g/mol. The lowest BCUT2D eigenvalue weighted by molar-refractivity contribution is 0.131. The number of benzene rings is 1. The Morgan fingerprint density at radius 3 is 2.46 bits per heavy atom. The van der Waals surface area contributed by atoms with Gasteiger partial charge in [0.1, 0.15) is 11.3 Å². The lowest BCUT2D eigenvalue weighted by Gasteiger charge is -2.22. The normalized spacial score (nSPS) is 12.5. The molecule has 1 atom stereocenters. The van der Waals surface area contributed by atoms with Gasteiger partial charge in [0, 0.05) is 24.5 Å². The second-order valence-electron chi connectivity index (χ2n) is 5.53. The summed E-state index contributed by atoms with van der Waals surface area (Å²) in [5.74, 6) is -0.302. The van der Waals surface area contributed by atoms with E-state index in [-0.39, 0.29) is 5.75 Å². The van der Waals surface area contributed by atoms with Gasteiger partial charge < -0.3 is 9.64 Å². The van der Waals surface area contributed by atoms with E-state index >= 15 is 0 Å². The molecule has 136 valence electrons. The van der Waals surface area contributed by atoms with Crippen LogP contribution in [-0.2, 0) is 14.6 Å². The van der Waals surface area contributed by atoms with E-state index in [0.29, 0.717) is 5.69 Å². The van der Waals surface area contributed by atoms with Gasteiger partial charge in [-0.15, -0.1) is 11.6 Å². The fraction of sp³-hybridized carbons (Fsp3) is 0.562. The fourth-order valence-corrected chi connectivity index (χ4v) is 3.47. The van der Waals surface area contributed by atoms with E-state index in [2.05, 4.69) is 24.1 Å². The van der Waals surface area contributed by atoms with Crippen LogP contribution < -0.4 is 10.2 Å². The van der Waals surface area contributed by atoms with Crippen LogP contribution in [0.5, 0.6) is 0 Å². The van der Waals surface area contributed by atoms with Crippen molar-refractivity contribution in [2.45, 2.75) is 33.8 Å². The predicted molar refractivity (Wildman–Crippen MR) is 98.8 cm³/mol.